The number of rotatable bonds is 6. The van der Waals surface area contributed by atoms with Gasteiger partial charge in [-0.25, -0.2) is 4.98 Å². The lowest BCUT2D eigenvalue weighted by molar-refractivity contribution is 0.162. The summed E-state index contributed by atoms with van der Waals surface area (Å²) in [4.78, 5) is 4.51. The summed E-state index contributed by atoms with van der Waals surface area (Å²) in [5, 5.41) is 9.24. The second-order valence-electron chi connectivity index (χ2n) is 6.96. The van der Waals surface area contributed by atoms with Gasteiger partial charge in [-0.1, -0.05) is 11.6 Å². The first-order chi connectivity index (χ1) is 14.2. The van der Waals surface area contributed by atoms with E-state index in [1.807, 2.05) is 24.4 Å². The van der Waals surface area contributed by atoms with Crippen LogP contribution in [0.2, 0.25) is 5.02 Å². The van der Waals surface area contributed by atoms with Crippen LogP contribution in [-0.4, -0.2) is 38.4 Å². The molecular weight excluding hydrogens is 425 g/mol. The fourth-order valence-corrected chi connectivity index (χ4v) is 3.69. The summed E-state index contributed by atoms with van der Waals surface area (Å²) < 4.78 is 16.9. The molecule has 1 aliphatic heterocycles. The van der Waals surface area contributed by atoms with E-state index in [2.05, 4.69) is 21.7 Å². The number of pyridine rings is 1. The van der Waals surface area contributed by atoms with E-state index in [-0.39, 0.29) is 18.5 Å². The number of anilines is 2. The van der Waals surface area contributed by atoms with E-state index in [1.165, 1.54) is 0 Å². The third kappa shape index (κ3) is 5.01. The maximum Gasteiger partial charge on any atom is 0.144 e. The van der Waals surface area contributed by atoms with Crippen LogP contribution in [0.1, 0.15) is 12.8 Å². The molecule has 6 nitrogen and oxygen atoms in total. The molecule has 0 atom stereocenters. The summed E-state index contributed by atoms with van der Waals surface area (Å²) in [5.41, 5.74) is 0.725. The molecule has 160 valence electrons. The van der Waals surface area contributed by atoms with Crippen LogP contribution in [0.3, 0.4) is 0 Å². The highest BCUT2D eigenvalue weighted by molar-refractivity contribution is 6.32. The highest BCUT2D eigenvalue weighted by atomic mass is 35.5. The van der Waals surface area contributed by atoms with Gasteiger partial charge >= 0.3 is 0 Å². The van der Waals surface area contributed by atoms with Crippen LogP contribution in [0.5, 0.6) is 17.2 Å². The Kier molecular flexibility index (Phi) is 7.48. The second kappa shape index (κ2) is 10.1. The molecule has 1 aliphatic rings. The monoisotopic (exact) mass is 449 g/mol. The minimum absolute atomic E-state index is 0. The van der Waals surface area contributed by atoms with Gasteiger partial charge in [0.15, 0.2) is 0 Å². The highest BCUT2D eigenvalue weighted by Crippen LogP contribution is 2.37. The molecule has 0 unspecified atom stereocenters. The Morgan fingerprint density at radius 1 is 1.00 bits per heavy atom. The number of fused-ring (bicyclic) bond motifs is 1. The predicted octanol–water partition coefficient (Wildman–Crippen LogP) is 5.20. The lowest BCUT2D eigenvalue weighted by atomic mass is 10.1. The van der Waals surface area contributed by atoms with Crippen LogP contribution in [0.15, 0.2) is 42.6 Å². The van der Waals surface area contributed by atoms with Crippen LogP contribution in [0, 0.1) is 0 Å². The van der Waals surface area contributed by atoms with Crippen molar-refractivity contribution in [1.82, 2.24) is 10.3 Å². The number of hydrogen-bond donors (Lipinski definition) is 2. The average molecular weight is 450 g/mol. The van der Waals surface area contributed by atoms with Gasteiger partial charge in [-0.3, -0.25) is 0 Å². The lowest BCUT2D eigenvalue weighted by Crippen LogP contribution is -2.34. The van der Waals surface area contributed by atoms with Crippen molar-refractivity contribution in [2.24, 2.45) is 0 Å². The molecule has 1 saturated heterocycles. The topological polar surface area (TPSA) is 64.6 Å². The van der Waals surface area contributed by atoms with Crippen LogP contribution in [0.4, 0.5) is 11.5 Å². The molecule has 0 radical (unpaired) electrons. The van der Waals surface area contributed by atoms with Crippen molar-refractivity contribution < 1.29 is 14.2 Å². The molecule has 0 spiro atoms. The van der Waals surface area contributed by atoms with Gasteiger partial charge in [0.05, 0.1) is 24.9 Å². The number of nitrogens with zero attached hydrogens (tertiary/aromatic N) is 1. The third-order valence-electron chi connectivity index (χ3n) is 5.02. The summed E-state index contributed by atoms with van der Waals surface area (Å²) in [6, 6.07) is 11.6. The number of benzene rings is 2. The maximum absolute atomic E-state index is 6.19. The normalized spacial score (nSPS) is 14.1. The Morgan fingerprint density at radius 3 is 2.50 bits per heavy atom. The molecule has 8 heteroatoms. The van der Waals surface area contributed by atoms with Gasteiger partial charge in [-0.05, 0) is 55.6 Å². The average Bonchev–Trinajstić information content (AvgIpc) is 2.75. The summed E-state index contributed by atoms with van der Waals surface area (Å²) >= 11 is 6.19. The molecule has 2 heterocycles. The molecule has 0 aliphatic carbocycles. The Morgan fingerprint density at radius 2 is 1.77 bits per heavy atom. The molecule has 0 amide bonds. The van der Waals surface area contributed by atoms with Crippen molar-refractivity contribution in [3.8, 4) is 17.2 Å². The molecule has 0 bridgehead atoms. The minimum Gasteiger partial charge on any atom is -0.495 e. The summed E-state index contributed by atoms with van der Waals surface area (Å²) in [6.45, 7) is 2.01. The van der Waals surface area contributed by atoms with Gasteiger partial charge in [0, 0.05) is 23.7 Å². The summed E-state index contributed by atoms with van der Waals surface area (Å²) in [6.07, 6.45) is 4.16. The molecule has 2 N–H and O–H groups in total. The smallest absolute Gasteiger partial charge is 0.144 e. The molecular formula is C22H25Cl2N3O3. The Hall–Kier alpha value is -2.41. The standard InChI is InChI=1S/C22H24ClN3O3.ClH/c1-27-20-12-19(21(28-2)11-18(20)23)26-22-10-15-9-17(4-3-14(15)13-25-22)29-16-5-7-24-8-6-16;/h3-4,9-13,16,24H,5-8H2,1-2H3,(H,25,26);1H. The van der Waals surface area contributed by atoms with E-state index in [1.54, 1.807) is 26.4 Å². The van der Waals surface area contributed by atoms with Gasteiger partial charge in [0.25, 0.3) is 0 Å². The number of piperidine rings is 1. The summed E-state index contributed by atoms with van der Waals surface area (Å²) in [7, 11) is 3.18. The number of methoxy groups -OCH3 is 2. The predicted molar refractivity (Wildman–Crippen MR) is 123 cm³/mol. The molecule has 3 aromatic rings. The first-order valence-corrected chi connectivity index (χ1v) is 10.00. The molecule has 0 saturated carbocycles. The minimum atomic E-state index is 0. The van der Waals surface area contributed by atoms with Gasteiger partial charge in [-0.15, -0.1) is 12.4 Å². The van der Waals surface area contributed by atoms with Crippen molar-refractivity contribution >= 4 is 46.3 Å². The van der Waals surface area contributed by atoms with Crippen molar-refractivity contribution in [2.45, 2.75) is 18.9 Å². The molecule has 2 aromatic carbocycles. The first-order valence-electron chi connectivity index (χ1n) is 9.62. The Bertz CT molecular complexity index is 1010. The third-order valence-corrected chi connectivity index (χ3v) is 5.31. The molecule has 4 rings (SSSR count). The Balaban J connectivity index is 0.00000256. The fourth-order valence-electron chi connectivity index (χ4n) is 3.46. The van der Waals surface area contributed by atoms with Crippen LogP contribution >= 0.6 is 24.0 Å². The SMILES string of the molecule is COc1cc(Nc2cc3cc(OC4CCNCC4)ccc3cn2)c(OC)cc1Cl.Cl. The van der Waals surface area contributed by atoms with Crippen molar-refractivity contribution in [1.29, 1.82) is 0 Å². The van der Waals surface area contributed by atoms with Gasteiger partial charge in [0.1, 0.15) is 29.2 Å². The van der Waals surface area contributed by atoms with Gasteiger partial charge in [0.2, 0.25) is 0 Å². The van der Waals surface area contributed by atoms with E-state index in [9.17, 15) is 0 Å². The van der Waals surface area contributed by atoms with Gasteiger partial charge in [-0.2, -0.15) is 0 Å². The first kappa shape index (κ1) is 22.3. The second-order valence-corrected chi connectivity index (χ2v) is 7.36. The van der Waals surface area contributed by atoms with E-state index < -0.39 is 0 Å². The highest BCUT2D eigenvalue weighted by Gasteiger charge is 2.15. The van der Waals surface area contributed by atoms with Crippen molar-refractivity contribution in [3.63, 3.8) is 0 Å². The molecule has 1 fully saturated rings. The molecule has 30 heavy (non-hydrogen) atoms. The molecule has 1 aromatic heterocycles. The zero-order valence-electron chi connectivity index (χ0n) is 16.9. The van der Waals surface area contributed by atoms with E-state index in [0.717, 1.165) is 48.1 Å². The summed E-state index contributed by atoms with van der Waals surface area (Å²) in [5.74, 6) is 2.75. The van der Waals surface area contributed by atoms with Gasteiger partial charge < -0.3 is 24.8 Å². The number of aromatic nitrogens is 1. The number of hydrogen-bond acceptors (Lipinski definition) is 6. The fraction of sp³-hybridized carbons (Fsp3) is 0.318. The number of nitrogens with one attached hydrogen (secondary N) is 2. The zero-order valence-corrected chi connectivity index (χ0v) is 18.5. The van der Waals surface area contributed by atoms with Crippen LogP contribution in [-0.2, 0) is 0 Å². The van der Waals surface area contributed by atoms with E-state index in [4.69, 9.17) is 25.8 Å². The van der Waals surface area contributed by atoms with E-state index >= 15 is 0 Å². The van der Waals surface area contributed by atoms with Crippen LogP contribution < -0.4 is 24.8 Å². The Labute approximate surface area is 187 Å². The quantitative estimate of drug-likeness (QED) is 0.538. The number of ether oxygens (including phenoxy) is 3. The van der Waals surface area contributed by atoms with Crippen LogP contribution in [0.25, 0.3) is 10.8 Å². The number of halogens is 2. The largest absolute Gasteiger partial charge is 0.495 e. The lowest BCUT2D eigenvalue weighted by Gasteiger charge is -2.24. The van der Waals surface area contributed by atoms with E-state index in [0.29, 0.717) is 22.3 Å². The van der Waals surface area contributed by atoms with Crippen molar-refractivity contribution in [3.05, 3.63) is 47.6 Å². The van der Waals surface area contributed by atoms with Crippen molar-refractivity contribution in [2.75, 3.05) is 32.6 Å². The maximum atomic E-state index is 6.19. The zero-order chi connectivity index (χ0) is 20.2.